The zero-order valence-corrected chi connectivity index (χ0v) is 12.9. The van der Waals surface area contributed by atoms with Gasteiger partial charge in [0.15, 0.2) is 0 Å². The molecule has 1 atom stereocenters. The van der Waals surface area contributed by atoms with Crippen molar-refractivity contribution in [2.24, 2.45) is 0 Å². The van der Waals surface area contributed by atoms with Gasteiger partial charge in [-0.1, -0.05) is 27.5 Å². The van der Waals surface area contributed by atoms with Crippen molar-refractivity contribution in [2.45, 2.75) is 19.5 Å². The Morgan fingerprint density at radius 2 is 2.29 bits per heavy atom. The summed E-state index contributed by atoms with van der Waals surface area (Å²) < 4.78 is 1.14. The lowest BCUT2D eigenvalue weighted by molar-refractivity contribution is 0.165. The topological polar surface area (TPSA) is 15.3 Å². The molecule has 0 aliphatic carbocycles. The highest BCUT2D eigenvalue weighted by Gasteiger charge is 2.18. The Balaban J connectivity index is 0.00000144. The molecule has 1 aromatic carbocycles. The van der Waals surface area contributed by atoms with Gasteiger partial charge < -0.3 is 5.32 Å². The molecule has 2 rings (SSSR count). The van der Waals surface area contributed by atoms with E-state index in [2.05, 4.69) is 33.1 Å². The van der Waals surface area contributed by atoms with Gasteiger partial charge in [0.05, 0.1) is 0 Å². The Hall–Kier alpha value is 0.200. The monoisotopic (exact) mass is 338 g/mol. The zero-order chi connectivity index (χ0) is 11.5. The van der Waals surface area contributed by atoms with E-state index in [1.807, 2.05) is 18.2 Å². The van der Waals surface area contributed by atoms with Crippen molar-refractivity contribution in [3.8, 4) is 0 Å². The number of nitrogens with one attached hydrogen (secondary N) is 1. The van der Waals surface area contributed by atoms with E-state index in [1.54, 1.807) is 0 Å². The maximum absolute atomic E-state index is 6.02. The van der Waals surface area contributed by atoms with Crippen LogP contribution in [0, 0.1) is 0 Å². The molecule has 2 nitrogen and oxygen atoms in total. The fourth-order valence-electron chi connectivity index (χ4n) is 2.00. The molecule has 1 N–H and O–H groups in total. The first-order valence-electron chi connectivity index (χ1n) is 5.55. The normalized spacial score (nSPS) is 21.0. The van der Waals surface area contributed by atoms with Crippen molar-refractivity contribution >= 4 is 39.9 Å². The highest BCUT2D eigenvalue weighted by Crippen LogP contribution is 2.23. The molecule has 5 heteroatoms. The number of hydrogen-bond donors (Lipinski definition) is 1. The molecule has 1 aromatic rings. The predicted molar refractivity (Wildman–Crippen MR) is 79.1 cm³/mol. The first-order valence-corrected chi connectivity index (χ1v) is 6.72. The van der Waals surface area contributed by atoms with Crippen LogP contribution in [0.3, 0.4) is 0 Å². The molecule has 0 aromatic heterocycles. The summed E-state index contributed by atoms with van der Waals surface area (Å²) in [4.78, 5) is 2.48. The minimum atomic E-state index is 0. The minimum absolute atomic E-state index is 0. The van der Waals surface area contributed by atoms with Crippen molar-refractivity contribution in [1.82, 2.24) is 10.2 Å². The van der Waals surface area contributed by atoms with E-state index in [0.29, 0.717) is 6.04 Å². The molecule has 1 fully saturated rings. The van der Waals surface area contributed by atoms with Crippen molar-refractivity contribution in [1.29, 1.82) is 0 Å². The van der Waals surface area contributed by atoms with Crippen LogP contribution in [0.1, 0.15) is 12.5 Å². The maximum Gasteiger partial charge on any atom is 0.0410 e. The second-order valence-corrected chi connectivity index (χ2v) is 5.55. The van der Waals surface area contributed by atoms with Crippen LogP contribution in [0.2, 0.25) is 5.02 Å². The van der Waals surface area contributed by atoms with Crippen molar-refractivity contribution < 1.29 is 0 Å². The van der Waals surface area contributed by atoms with Gasteiger partial charge in [0, 0.05) is 41.7 Å². The van der Waals surface area contributed by atoms with Crippen LogP contribution < -0.4 is 5.32 Å². The van der Waals surface area contributed by atoms with E-state index in [-0.39, 0.29) is 12.4 Å². The molecule has 1 unspecified atom stereocenters. The van der Waals surface area contributed by atoms with E-state index in [1.165, 1.54) is 5.56 Å². The smallest absolute Gasteiger partial charge is 0.0410 e. The number of hydrogen-bond acceptors (Lipinski definition) is 2. The Labute approximate surface area is 122 Å². The molecule has 0 bridgehead atoms. The van der Waals surface area contributed by atoms with Crippen LogP contribution in [0.25, 0.3) is 0 Å². The first kappa shape index (κ1) is 15.3. The summed E-state index contributed by atoms with van der Waals surface area (Å²) in [5.41, 5.74) is 1.27. The number of rotatable bonds is 2. The fraction of sp³-hybridized carbons (Fsp3) is 0.500. The molecular weight excluding hydrogens is 323 g/mol. The van der Waals surface area contributed by atoms with E-state index >= 15 is 0 Å². The third-order valence-corrected chi connectivity index (χ3v) is 4.03. The largest absolute Gasteiger partial charge is 0.314 e. The average Bonchev–Trinajstić information content (AvgIpc) is 2.27. The molecular formula is C12H17BrCl2N2. The second kappa shape index (κ2) is 6.95. The highest BCUT2D eigenvalue weighted by molar-refractivity contribution is 9.10. The third kappa shape index (κ3) is 4.11. The Morgan fingerprint density at radius 1 is 1.53 bits per heavy atom. The van der Waals surface area contributed by atoms with Crippen LogP contribution in [-0.2, 0) is 6.54 Å². The van der Waals surface area contributed by atoms with Crippen molar-refractivity contribution in [2.75, 3.05) is 19.6 Å². The minimum Gasteiger partial charge on any atom is -0.314 e. The summed E-state index contributed by atoms with van der Waals surface area (Å²) >= 11 is 9.60. The second-order valence-electron chi connectivity index (χ2n) is 4.26. The molecule has 1 aliphatic rings. The van der Waals surface area contributed by atoms with Crippen LogP contribution in [0.15, 0.2) is 22.7 Å². The van der Waals surface area contributed by atoms with Gasteiger partial charge in [-0.05, 0) is 30.7 Å². The van der Waals surface area contributed by atoms with Crippen LogP contribution in [-0.4, -0.2) is 30.6 Å². The lowest BCUT2D eigenvalue weighted by Gasteiger charge is -2.34. The van der Waals surface area contributed by atoms with Crippen LogP contribution in [0.4, 0.5) is 0 Å². The summed E-state index contributed by atoms with van der Waals surface area (Å²) in [6.07, 6.45) is 0. The van der Waals surface area contributed by atoms with Crippen molar-refractivity contribution in [3.05, 3.63) is 33.3 Å². The number of halogens is 3. The quantitative estimate of drug-likeness (QED) is 0.889. The Kier molecular flexibility index (Phi) is 6.24. The lowest BCUT2D eigenvalue weighted by atomic mass is 10.1. The van der Waals surface area contributed by atoms with Gasteiger partial charge in [0.2, 0.25) is 0 Å². The average molecular weight is 340 g/mol. The summed E-state index contributed by atoms with van der Waals surface area (Å²) in [6, 6.07) is 6.56. The van der Waals surface area contributed by atoms with E-state index in [4.69, 9.17) is 11.6 Å². The summed E-state index contributed by atoms with van der Waals surface area (Å²) in [5, 5.41) is 4.20. The summed E-state index contributed by atoms with van der Waals surface area (Å²) in [7, 11) is 0. The molecule has 0 radical (unpaired) electrons. The molecule has 1 aliphatic heterocycles. The molecule has 0 amide bonds. The van der Waals surface area contributed by atoms with E-state index < -0.39 is 0 Å². The maximum atomic E-state index is 6.02. The SMILES string of the molecule is CC1CNCCN1Cc1cc(Cl)ccc1Br.Cl. The molecule has 0 spiro atoms. The van der Waals surface area contributed by atoms with Crippen LogP contribution >= 0.6 is 39.9 Å². The van der Waals surface area contributed by atoms with Gasteiger partial charge in [-0.25, -0.2) is 0 Å². The summed E-state index contributed by atoms with van der Waals surface area (Å²) in [5.74, 6) is 0. The Morgan fingerprint density at radius 3 is 3.00 bits per heavy atom. The number of piperazine rings is 1. The molecule has 1 saturated heterocycles. The van der Waals surface area contributed by atoms with Gasteiger partial charge in [-0.3, -0.25) is 4.90 Å². The van der Waals surface area contributed by atoms with Gasteiger partial charge in [0.1, 0.15) is 0 Å². The number of benzene rings is 1. The first-order chi connectivity index (χ1) is 7.66. The zero-order valence-electron chi connectivity index (χ0n) is 9.75. The molecule has 17 heavy (non-hydrogen) atoms. The van der Waals surface area contributed by atoms with Crippen molar-refractivity contribution in [3.63, 3.8) is 0 Å². The molecule has 0 saturated carbocycles. The predicted octanol–water partition coefficient (Wildman–Crippen LogP) is 3.32. The van der Waals surface area contributed by atoms with Gasteiger partial charge in [-0.2, -0.15) is 0 Å². The van der Waals surface area contributed by atoms with E-state index in [9.17, 15) is 0 Å². The Bertz CT molecular complexity index is 374. The van der Waals surface area contributed by atoms with Gasteiger partial charge in [-0.15, -0.1) is 12.4 Å². The van der Waals surface area contributed by atoms with Crippen LogP contribution in [0.5, 0.6) is 0 Å². The standard InChI is InChI=1S/C12H16BrClN2.ClH/c1-9-7-15-4-5-16(9)8-10-6-11(14)2-3-12(10)13;/h2-3,6,9,15H,4-5,7-8H2,1H3;1H. The van der Waals surface area contributed by atoms with Gasteiger partial charge >= 0.3 is 0 Å². The highest BCUT2D eigenvalue weighted by atomic mass is 79.9. The number of nitrogens with zero attached hydrogens (tertiary/aromatic N) is 1. The lowest BCUT2D eigenvalue weighted by Crippen LogP contribution is -2.49. The third-order valence-electron chi connectivity index (χ3n) is 3.02. The fourth-order valence-corrected chi connectivity index (χ4v) is 2.57. The van der Waals surface area contributed by atoms with Gasteiger partial charge in [0.25, 0.3) is 0 Å². The molecule has 96 valence electrons. The van der Waals surface area contributed by atoms with E-state index in [0.717, 1.165) is 35.7 Å². The summed E-state index contributed by atoms with van der Waals surface area (Å²) in [6.45, 7) is 6.45. The molecule has 1 heterocycles.